The molecule has 0 aliphatic heterocycles. The van der Waals surface area contributed by atoms with E-state index in [1.807, 2.05) is 60.7 Å². The molecular formula is C18H16N4O3. The molecule has 7 heteroatoms. The van der Waals surface area contributed by atoms with E-state index in [0.717, 1.165) is 11.3 Å². The predicted molar refractivity (Wildman–Crippen MR) is 90.9 cm³/mol. The normalized spacial score (nSPS) is 11.7. The molecule has 0 unspecified atom stereocenters. The molecule has 25 heavy (non-hydrogen) atoms. The van der Waals surface area contributed by atoms with Crippen LogP contribution in [0.4, 0.5) is 0 Å². The van der Waals surface area contributed by atoms with Crippen LogP contribution in [0.25, 0.3) is 17.1 Å². The molecule has 126 valence electrons. The maximum absolute atomic E-state index is 12.2. The lowest BCUT2D eigenvalue weighted by molar-refractivity contribution is -0.125. The summed E-state index contributed by atoms with van der Waals surface area (Å²) in [6.07, 6.45) is -1.06. The average Bonchev–Trinajstić information content (AvgIpc) is 3.08. The topological polar surface area (TPSA) is 100 Å². The lowest BCUT2D eigenvalue weighted by Crippen LogP contribution is -2.30. The third-order valence-electron chi connectivity index (χ3n) is 3.51. The Morgan fingerprint density at radius 3 is 2.24 bits per heavy atom. The quantitative estimate of drug-likeness (QED) is 0.718. The molecule has 0 saturated carbocycles. The number of para-hydroxylation sites is 1. The second-order valence-electron chi connectivity index (χ2n) is 5.32. The van der Waals surface area contributed by atoms with Crippen molar-refractivity contribution in [2.45, 2.75) is 13.0 Å². The summed E-state index contributed by atoms with van der Waals surface area (Å²) in [6.45, 7) is 1.40. The molecule has 0 bridgehead atoms. The van der Waals surface area contributed by atoms with Crippen molar-refractivity contribution in [3.8, 4) is 17.1 Å². The zero-order valence-corrected chi connectivity index (χ0v) is 13.5. The second kappa shape index (κ2) is 6.96. The number of esters is 1. The van der Waals surface area contributed by atoms with Gasteiger partial charge in [0.25, 0.3) is 11.7 Å². The van der Waals surface area contributed by atoms with Crippen molar-refractivity contribution in [1.29, 1.82) is 0 Å². The first-order valence-electron chi connectivity index (χ1n) is 7.64. The monoisotopic (exact) mass is 336 g/mol. The molecule has 1 heterocycles. The van der Waals surface area contributed by atoms with Crippen LogP contribution >= 0.6 is 0 Å². The van der Waals surface area contributed by atoms with E-state index in [9.17, 15) is 9.59 Å². The fraction of sp³-hybridized carbons (Fsp3) is 0.111. The van der Waals surface area contributed by atoms with E-state index < -0.39 is 18.0 Å². The van der Waals surface area contributed by atoms with Crippen LogP contribution in [0.5, 0.6) is 0 Å². The molecule has 2 aromatic carbocycles. The average molecular weight is 336 g/mol. The third-order valence-corrected chi connectivity index (χ3v) is 3.51. The molecule has 1 atom stereocenters. The molecule has 0 fully saturated rings. The van der Waals surface area contributed by atoms with Gasteiger partial charge in [0.05, 0.1) is 5.69 Å². The van der Waals surface area contributed by atoms with Gasteiger partial charge in [-0.05, 0) is 19.1 Å². The van der Waals surface area contributed by atoms with Crippen LogP contribution < -0.4 is 5.73 Å². The Hall–Kier alpha value is -3.48. The number of nitrogens with two attached hydrogens (primary N) is 1. The zero-order valence-electron chi connectivity index (χ0n) is 13.5. The van der Waals surface area contributed by atoms with Crippen LogP contribution in [-0.4, -0.2) is 32.7 Å². The number of carbonyl (C=O) groups is 2. The van der Waals surface area contributed by atoms with Crippen molar-refractivity contribution < 1.29 is 14.3 Å². The molecule has 3 rings (SSSR count). The van der Waals surface area contributed by atoms with Crippen molar-refractivity contribution in [2.75, 3.05) is 0 Å². The Balaban J connectivity index is 2.03. The molecule has 3 aromatic rings. The summed E-state index contributed by atoms with van der Waals surface area (Å²) in [5.41, 5.74) is 6.66. The molecule has 7 nitrogen and oxygen atoms in total. The van der Waals surface area contributed by atoms with E-state index >= 15 is 0 Å². The smallest absolute Gasteiger partial charge is 0.379 e. The van der Waals surface area contributed by atoms with Crippen molar-refractivity contribution in [2.24, 2.45) is 5.73 Å². The van der Waals surface area contributed by atoms with Gasteiger partial charge in [0.1, 0.15) is 0 Å². The number of benzene rings is 2. The maximum atomic E-state index is 12.2. The van der Waals surface area contributed by atoms with Crippen LogP contribution in [0.15, 0.2) is 60.7 Å². The lowest BCUT2D eigenvalue weighted by Gasteiger charge is -2.06. The van der Waals surface area contributed by atoms with Crippen molar-refractivity contribution in [3.05, 3.63) is 66.5 Å². The van der Waals surface area contributed by atoms with E-state index in [4.69, 9.17) is 10.5 Å². The van der Waals surface area contributed by atoms with Crippen molar-refractivity contribution in [3.63, 3.8) is 0 Å². The first-order chi connectivity index (χ1) is 12.1. The summed E-state index contributed by atoms with van der Waals surface area (Å²) in [4.78, 5) is 27.6. The van der Waals surface area contributed by atoms with E-state index in [1.54, 1.807) is 4.68 Å². The third kappa shape index (κ3) is 3.55. The molecule has 2 N–H and O–H groups in total. The Kier molecular flexibility index (Phi) is 4.56. The standard InChI is InChI=1S/C18H16N4O3/c1-12(15(19)23)25-18(24)16-20-17(13-8-4-2-5-9-13)22(21-16)14-10-6-3-7-11-14/h2-12H,1H3,(H2,19,23)/t12-/m1/s1. The van der Waals surface area contributed by atoms with Gasteiger partial charge >= 0.3 is 5.97 Å². The molecule has 1 amide bonds. The van der Waals surface area contributed by atoms with Gasteiger partial charge in [0.2, 0.25) is 0 Å². The van der Waals surface area contributed by atoms with Gasteiger partial charge in [-0.3, -0.25) is 4.79 Å². The van der Waals surface area contributed by atoms with Crippen LogP contribution in [0, 0.1) is 0 Å². The highest BCUT2D eigenvalue weighted by molar-refractivity contribution is 5.89. The summed E-state index contributed by atoms with van der Waals surface area (Å²) < 4.78 is 6.54. The lowest BCUT2D eigenvalue weighted by atomic mass is 10.2. The molecule has 0 radical (unpaired) electrons. The van der Waals surface area contributed by atoms with Gasteiger partial charge < -0.3 is 10.5 Å². The number of nitrogens with zero attached hydrogens (tertiary/aromatic N) is 3. The number of aromatic nitrogens is 3. The molecule has 0 saturated heterocycles. The Bertz CT molecular complexity index is 834. The number of amides is 1. The molecule has 0 aliphatic rings. The van der Waals surface area contributed by atoms with Crippen molar-refractivity contribution >= 4 is 11.9 Å². The number of hydrogen-bond acceptors (Lipinski definition) is 5. The summed E-state index contributed by atoms with van der Waals surface area (Å²) in [7, 11) is 0. The van der Waals surface area contributed by atoms with Gasteiger partial charge in [-0.2, -0.15) is 0 Å². The highest BCUT2D eigenvalue weighted by atomic mass is 16.5. The maximum Gasteiger partial charge on any atom is 0.379 e. The Labute approximate surface area is 144 Å². The number of carbonyl (C=O) groups excluding carboxylic acids is 2. The predicted octanol–water partition coefficient (Wildman–Crippen LogP) is 1.96. The van der Waals surface area contributed by atoms with Gasteiger partial charge in [-0.1, -0.05) is 48.5 Å². The van der Waals surface area contributed by atoms with E-state index in [2.05, 4.69) is 10.1 Å². The summed E-state index contributed by atoms with van der Waals surface area (Å²) in [5.74, 6) is -1.20. The minimum Gasteiger partial charge on any atom is -0.447 e. The molecule has 0 spiro atoms. The van der Waals surface area contributed by atoms with E-state index in [0.29, 0.717) is 5.82 Å². The van der Waals surface area contributed by atoms with Crippen LogP contribution in [0.1, 0.15) is 17.5 Å². The van der Waals surface area contributed by atoms with Crippen molar-refractivity contribution in [1.82, 2.24) is 14.8 Å². The van der Waals surface area contributed by atoms with Gasteiger partial charge in [0, 0.05) is 5.56 Å². The Morgan fingerprint density at radius 1 is 1.04 bits per heavy atom. The first-order valence-corrected chi connectivity index (χ1v) is 7.64. The number of hydrogen-bond donors (Lipinski definition) is 1. The number of primary amides is 1. The largest absolute Gasteiger partial charge is 0.447 e. The van der Waals surface area contributed by atoms with E-state index in [1.165, 1.54) is 6.92 Å². The van der Waals surface area contributed by atoms with Crippen LogP contribution in [0.2, 0.25) is 0 Å². The fourth-order valence-corrected chi connectivity index (χ4v) is 2.19. The second-order valence-corrected chi connectivity index (χ2v) is 5.32. The number of rotatable bonds is 5. The fourth-order valence-electron chi connectivity index (χ4n) is 2.19. The SMILES string of the molecule is C[C@@H](OC(=O)c1nc(-c2ccccc2)n(-c2ccccc2)n1)C(N)=O. The van der Waals surface area contributed by atoms with Gasteiger partial charge in [-0.15, -0.1) is 5.10 Å². The van der Waals surface area contributed by atoms with E-state index in [-0.39, 0.29) is 5.82 Å². The summed E-state index contributed by atoms with van der Waals surface area (Å²) in [5, 5.41) is 4.25. The Morgan fingerprint density at radius 2 is 1.64 bits per heavy atom. The first kappa shape index (κ1) is 16.4. The minimum absolute atomic E-state index is 0.143. The highest BCUT2D eigenvalue weighted by Crippen LogP contribution is 2.21. The van der Waals surface area contributed by atoms with Gasteiger partial charge in [-0.25, -0.2) is 14.5 Å². The molecular weight excluding hydrogens is 320 g/mol. The van der Waals surface area contributed by atoms with Gasteiger partial charge in [0.15, 0.2) is 11.9 Å². The zero-order chi connectivity index (χ0) is 17.8. The van der Waals surface area contributed by atoms with Crippen LogP contribution in [-0.2, 0) is 9.53 Å². The summed E-state index contributed by atoms with van der Waals surface area (Å²) in [6, 6.07) is 18.7. The minimum atomic E-state index is -1.06. The highest BCUT2D eigenvalue weighted by Gasteiger charge is 2.23. The number of ether oxygens (including phenoxy) is 1. The molecule has 0 aliphatic carbocycles. The molecule has 1 aromatic heterocycles. The van der Waals surface area contributed by atoms with Crippen LogP contribution in [0.3, 0.4) is 0 Å². The summed E-state index contributed by atoms with van der Waals surface area (Å²) >= 11 is 0.